The van der Waals surface area contributed by atoms with Crippen LogP contribution in [-0.2, 0) is 14.4 Å². The lowest BCUT2D eigenvalue weighted by molar-refractivity contribution is -0.147. The van der Waals surface area contributed by atoms with E-state index >= 15 is 0 Å². The summed E-state index contributed by atoms with van der Waals surface area (Å²) in [5.41, 5.74) is 0. The predicted octanol–water partition coefficient (Wildman–Crippen LogP) is 1.67. The van der Waals surface area contributed by atoms with Crippen LogP contribution in [0.2, 0.25) is 0 Å². The van der Waals surface area contributed by atoms with Gasteiger partial charge in [0.1, 0.15) is 0 Å². The third-order valence-electron chi connectivity index (χ3n) is 2.84. The number of Topliss-reactive ketones (excluding diaryl/α,β-unsaturated/α-hetero) is 1. The fourth-order valence-corrected chi connectivity index (χ4v) is 1.83. The van der Waals surface area contributed by atoms with Crippen molar-refractivity contribution in [1.82, 2.24) is 4.90 Å². The second kappa shape index (κ2) is 6.40. The number of carbonyl (C=O) groups is 3. The molecule has 0 saturated carbocycles. The van der Waals surface area contributed by atoms with Gasteiger partial charge in [0.15, 0.2) is 0 Å². The minimum atomic E-state index is -0.612. The summed E-state index contributed by atoms with van der Waals surface area (Å²) in [7, 11) is 0. The number of carbonyl (C=O) groups excluding carboxylic acids is 3. The predicted molar refractivity (Wildman–Crippen MR) is 59.7 cm³/mol. The molecule has 1 rings (SSSR count). The zero-order valence-corrected chi connectivity index (χ0v) is 9.83. The smallest absolute Gasteiger partial charge is 0.289 e. The maximum Gasteiger partial charge on any atom is 0.296 e. The molecule has 2 amide bonds. The second-order valence-corrected chi connectivity index (χ2v) is 4.19. The topological polar surface area (TPSA) is 54.5 Å². The Morgan fingerprint density at radius 3 is 2.44 bits per heavy atom. The van der Waals surface area contributed by atoms with E-state index in [4.69, 9.17) is 0 Å². The van der Waals surface area contributed by atoms with E-state index in [0.717, 1.165) is 24.2 Å². The highest BCUT2D eigenvalue weighted by Gasteiger charge is 2.33. The molecule has 0 aromatic rings. The number of rotatable bonds is 6. The number of ketones is 1. The number of amides is 2. The Balaban J connectivity index is 2.20. The summed E-state index contributed by atoms with van der Waals surface area (Å²) in [6.07, 6.45) is 5.93. The van der Waals surface area contributed by atoms with Gasteiger partial charge in [0.05, 0.1) is 0 Å². The molecule has 1 fully saturated rings. The summed E-state index contributed by atoms with van der Waals surface area (Å²) in [4.78, 5) is 34.9. The molecule has 0 aliphatic carbocycles. The molecule has 1 heterocycles. The molecule has 4 nitrogen and oxygen atoms in total. The number of unbranched alkanes of at least 4 members (excludes halogenated alkanes) is 4. The van der Waals surface area contributed by atoms with Crippen LogP contribution in [-0.4, -0.2) is 29.0 Å². The van der Waals surface area contributed by atoms with Crippen LogP contribution in [0.1, 0.15) is 51.9 Å². The Morgan fingerprint density at radius 2 is 1.88 bits per heavy atom. The Hall–Kier alpha value is -1.19. The third-order valence-corrected chi connectivity index (χ3v) is 2.84. The van der Waals surface area contributed by atoms with Gasteiger partial charge in [-0.15, -0.1) is 0 Å². The molecule has 90 valence electrons. The minimum Gasteiger partial charge on any atom is -0.289 e. The molecule has 0 aromatic heterocycles. The summed E-state index contributed by atoms with van der Waals surface area (Å²) in [5, 5.41) is 0. The lowest BCUT2D eigenvalue weighted by Gasteiger charge is -2.11. The zero-order chi connectivity index (χ0) is 12.0. The quantitative estimate of drug-likeness (QED) is 0.510. The molecule has 0 bridgehead atoms. The first kappa shape index (κ1) is 12.9. The molecule has 0 aromatic carbocycles. The molecule has 1 aliphatic heterocycles. The van der Waals surface area contributed by atoms with Crippen LogP contribution in [0.5, 0.6) is 0 Å². The Labute approximate surface area is 96.0 Å². The van der Waals surface area contributed by atoms with Crippen molar-refractivity contribution in [1.29, 1.82) is 0 Å². The zero-order valence-electron chi connectivity index (χ0n) is 9.83. The molecule has 1 saturated heterocycles. The fraction of sp³-hybridized carbons (Fsp3) is 0.750. The maximum absolute atomic E-state index is 11.6. The maximum atomic E-state index is 11.6. The Morgan fingerprint density at radius 1 is 1.19 bits per heavy atom. The van der Waals surface area contributed by atoms with E-state index in [2.05, 4.69) is 6.92 Å². The summed E-state index contributed by atoms with van der Waals surface area (Å²) in [6.45, 7) is 2.42. The fourth-order valence-electron chi connectivity index (χ4n) is 1.83. The van der Waals surface area contributed by atoms with Gasteiger partial charge in [-0.2, -0.15) is 0 Å². The van der Waals surface area contributed by atoms with E-state index in [1.54, 1.807) is 0 Å². The lowest BCUT2D eigenvalue weighted by Crippen LogP contribution is -2.33. The van der Waals surface area contributed by atoms with Crippen molar-refractivity contribution >= 4 is 17.6 Å². The van der Waals surface area contributed by atoms with Crippen LogP contribution in [0.3, 0.4) is 0 Å². The first-order valence-electron chi connectivity index (χ1n) is 6.04. The van der Waals surface area contributed by atoms with Crippen molar-refractivity contribution in [2.75, 3.05) is 6.54 Å². The first-order chi connectivity index (χ1) is 7.66. The number of hydrogen-bond donors (Lipinski definition) is 0. The highest BCUT2D eigenvalue weighted by molar-refractivity contribution is 6.40. The van der Waals surface area contributed by atoms with Crippen molar-refractivity contribution < 1.29 is 14.4 Å². The molecule has 0 atom stereocenters. The number of hydrogen-bond acceptors (Lipinski definition) is 3. The van der Waals surface area contributed by atoms with Gasteiger partial charge in [0, 0.05) is 19.4 Å². The van der Waals surface area contributed by atoms with E-state index in [1.807, 2.05) is 0 Å². The average molecular weight is 225 g/mol. The van der Waals surface area contributed by atoms with Crippen molar-refractivity contribution in [3.05, 3.63) is 0 Å². The van der Waals surface area contributed by atoms with Crippen LogP contribution in [0.25, 0.3) is 0 Å². The number of nitrogens with zero attached hydrogens (tertiary/aromatic N) is 1. The van der Waals surface area contributed by atoms with E-state index < -0.39 is 11.7 Å². The third kappa shape index (κ3) is 3.43. The van der Waals surface area contributed by atoms with Gasteiger partial charge < -0.3 is 0 Å². The van der Waals surface area contributed by atoms with Crippen LogP contribution in [0.15, 0.2) is 0 Å². The molecular formula is C12H19NO3. The van der Waals surface area contributed by atoms with Gasteiger partial charge in [-0.3, -0.25) is 19.3 Å². The van der Waals surface area contributed by atoms with E-state index in [0.29, 0.717) is 6.42 Å². The Bertz CT molecular complexity index is 286. The van der Waals surface area contributed by atoms with Crippen LogP contribution in [0.4, 0.5) is 0 Å². The van der Waals surface area contributed by atoms with Gasteiger partial charge >= 0.3 is 0 Å². The summed E-state index contributed by atoms with van der Waals surface area (Å²) < 4.78 is 0. The van der Waals surface area contributed by atoms with Crippen LogP contribution >= 0.6 is 0 Å². The first-order valence-corrected chi connectivity index (χ1v) is 6.04. The van der Waals surface area contributed by atoms with Crippen molar-refractivity contribution in [2.45, 2.75) is 51.9 Å². The highest BCUT2D eigenvalue weighted by atomic mass is 16.2. The molecule has 0 N–H and O–H groups in total. The van der Waals surface area contributed by atoms with Crippen LogP contribution in [0, 0.1) is 0 Å². The monoisotopic (exact) mass is 225 g/mol. The average Bonchev–Trinajstić information content (AvgIpc) is 2.59. The van der Waals surface area contributed by atoms with Crippen molar-refractivity contribution in [3.8, 4) is 0 Å². The lowest BCUT2D eigenvalue weighted by atomic mass is 10.1. The van der Waals surface area contributed by atoms with Gasteiger partial charge in [-0.25, -0.2) is 0 Å². The number of likely N-dealkylation sites (tertiary alicyclic amines) is 1. The number of imide groups is 1. The summed E-state index contributed by atoms with van der Waals surface area (Å²) >= 11 is 0. The highest BCUT2D eigenvalue weighted by Crippen LogP contribution is 2.11. The van der Waals surface area contributed by atoms with Gasteiger partial charge in [0.25, 0.3) is 5.91 Å². The van der Waals surface area contributed by atoms with E-state index in [-0.39, 0.29) is 18.9 Å². The van der Waals surface area contributed by atoms with Crippen molar-refractivity contribution in [2.24, 2.45) is 0 Å². The molecule has 1 aliphatic rings. The molecule has 0 spiro atoms. The largest absolute Gasteiger partial charge is 0.296 e. The van der Waals surface area contributed by atoms with Crippen LogP contribution < -0.4 is 0 Å². The Kier molecular flexibility index (Phi) is 5.15. The SMILES string of the molecule is CCCCCCCC(=O)N1CCC(=O)C1=O. The van der Waals surface area contributed by atoms with Crippen molar-refractivity contribution in [3.63, 3.8) is 0 Å². The second-order valence-electron chi connectivity index (χ2n) is 4.19. The molecule has 0 radical (unpaired) electrons. The van der Waals surface area contributed by atoms with Gasteiger partial charge in [-0.05, 0) is 6.42 Å². The molecule has 4 heteroatoms. The van der Waals surface area contributed by atoms with Gasteiger partial charge in [0.2, 0.25) is 11.7 Å². The standard InChI is InChI=1S/C12H19NO3/c1-2-3-4-5-6-7-11(15)13-9-8-10(14)12(13)16/h2-9H2,1H3. The van der Waals surface area contributed by atoms with E-state index in [9.17, 15) is 14.4 Å². The molecule has 0 unspecified atom stereocenters. The minimum absolute atomic E-state index is 0.188. The normalized spacial score (nSPS) is 15.9. The van der Waals surface area contributed by atoms with E-state index in [1.165, 1.54) is 12.8 Å². The summed E-state index contributed by atoms with van der Waals surface area (Å²) in [6, 6.07) is 0. The molecule has 16 heavy (non-hydrogen) atoms. The molecular weight excluding hydrogens is 206 g/mol. The van der Waals surface area contributed by atoms with Gasteiger partial charge in [-0.1, -0.05) is 32.6 Å². The summed E-state index contributed by atoms with van der Waals surface area (Å²) in [5.74, 6) is -1.23.